The van der Waals surface area contributed by atoms with Crippen LogP contribution in [0.1, 0.15) is 25.3 Å². The summed E-state index contributed by atoms with van der Waals surface area (Å²) in [6, 6.07) is 5.55. The second kappa shape index (κ2) is 9.66. The van der Waals surface area contributed by atoms with E-state index in [9.17, 15) is 4.79 Å². The Balaban J connectivity index is 2.74. The van der Waals surface area contributed by atoms with Crippen LogP contribution in [-0.2, 0) is 4.79 Å². The third-order valence-electron chi connectivity index (χ3n) is 3.19. The van der Waals surface area contributed by atoms with Crippen molar-refractivity contribution in [2.24, 2.45) is 0 Å². The van der Waals surface area contributed by atoms with E-state index in [0.29, 0.717) is 18.1 Å². The maximum Gasteiger partial charge on any atom is 0.246 e. The number of methoxy groups -OCH3 is 1. The topological polar surface area (TPSA) is 38.8 Å². The molecule has 0 N–H and O–H groups in total. The van der Waals surface area contributed by atoms with Gasteiger partial charge in [-0.2, -0.15) is 0 Å². The summed E-state index contributed by atoms with van der Waals surface area (Å²) in [5.74, 6) is 1.29. The number of rotatable bonds is 9. The Morgan fingerprint density at radius 1 is 1.36 bits per heavy atom. The summed E-state index contributed by atoms with van der Waals surface area (Å²) in [6.07, 6.45) is 7.13. The second-order valence-electron chi connectivity index (χ2n) is 4.96. The molecule has 22 heavy (non-hydrogen) atoms. The lowest BCUT2D eigenvalue weighted by Crippen LogP contribution is -2.25. The van der Waals surface area contributed by atoms with Crippen LogP contribution in [0.5, 0.6) is 11.5 Å². The summed E-state index contributed by atoms with van der Waals surface area (Å²) in [7, 11) is 3.41. The fraction of sp³-hybridized carbons (Fsp3) is 0.389. The van der Waals surface area contributed by atoms with Crippen molar-refractivity contribution in [3.8, 4) is 11.5 Å². The van der Waals surface area contributed by atoms with Crippen LogP contribution in [0.15, 0.2) is 36.9 Å². The molecule has 1 rings (SSSR count). The maximum atomic E-state index is 12.0. The standard InChI is InChI=1S/C18H25NO3/c1-5-7-12-19(3)18(20)11-9-15-8-10-16(22-13-6-2)17(14-15)21-4/h6,8-11,14H,2,5,7,12-13H2,1,3-4H3/b11-9+. The SMILES string of the molecule is C=CCOc1ccc(/C=C/C(=O)N(C)CCCC)cc1OC. The van der Waals surface area contributed by atoms with E-state index in [1.807, 2.05) is 25.2 Å². The zero-order valence-corrected chi connectivity index (χ0v) is 13.7. The number of benzene rings is 1. The molecule has 1 aromatic rings. The van der Waals surface area contributed by atoms with Crippen LogP contribution in [0.3, 0.4) is 0 Å². The summed E-state index contributed by atoms with van der Waals surface area (Å²) in [5.41, 5.74) is 0.889. The van der Waals surface area contributed by atoms with Gasteiger partial charge < -0.3 is 14.4 Å². The smallest absolute Gasteiger partial charge is 0.246 e. The average molecular weight is 303 g/mol. The van der Waals surface area contributed by atoms with Crippen LogP contribution in [0, 0.1) is 0 Å². The molecule has 0 spiro atoms. The summed E-state index contributed by atoms with van der Waals surface area (Å²) >= 11 is 0. The van der Waals surface area contributed by atoms with Crippen molar-refractivity contribution < 1.29 is 14.3 Å². The van der Waals surface area contributed by atoms with Gasteiger partial charge in [0.2, 0.25) is 5.91 Å². The molecule has 120 valence electrons. The van der Waals surface area contributed by atoms with Crippen molar-refractivity contribution >= 4 is 12.0 Å². The molecule has 0 aromatic heterocycles. The van der Waals surface area contributed by atoms with E-state index < -0.39 is 0 Å². The Bertz CT molecular complexity index is 523. The third-order valence-corrected chi connectivity index (χ3v) is 3.19. The van der Waals surface area contributed by atoms with E-state index in [-0.39, 0.29) is 5.91 Å². The lowest BCUT2D eigenvalue weighted by molar-refractivity contribution is -0.124. The molecule has 0 aliphatic carbocycles. The van der Waals surface area contributed by atoms with Gasteiger partial charge in [-0.05, 0) is 30.2 Å². The summed E-state index contributed by atoms with van der Waals surface area (Å²) < 4.78 is 10.8. The molecule has 0 aliphatic heterocycles. The highest BCUT2D eigenvalue weighted by atomic mass is 16.5. The summed E-state index contributed by atoms with van der Waals surface area (Å²) in [5, 5.41) is 0. The molecule has 0 fully saturated rings. The molecule has 0 unspecified atom stereocenters. The van der Waals surface area contributed by atoms with Crippen LogP contribution >= 0.6 is 0 Å². The molecule has 0 saturated carbocycles. The normalized spacial score (nSPS) is 10.5. The molecule has 0 radical (unpaired) electrons. The average Bonchev–Trinajstić information content (AvgIpc) is 2.55. The molecule has 0 bridgehead atoms. The number of hydrogen-bond acceptors (Lipinski definition) is 3. The number of amides is 1. The van der Waals surface area contributed by atoms with Crippen LogP contribution in [-0.4, -0.2) is 38.1 Å². The Labute approximate surface area is 133 Å². The molecule has 0 heterocycles. The van der Waals surface area contributed by atoms with Gasteiger partial charge in [0.05, 0.1) is 7.11 Å². The van der Waals surface area contributed by atoms with Gasteiger partial charge in [0.15, 0.2) is 11.5 Å². The van der Waals surface area contributed by atoms with Crippen LogP contribution in [0.2, 0.25) is 0 Å². The molecule has 1 amide bonds. The fourth-order valence-corrected chi connectivity index (χ4v) is 1.86. The largest absolute Gasteiger partial charge is 0.493 e. The van der Waals surface area contributed by atoms with E-state index in [1.54, 1.807) is 30.2 Å². The minimum absolute atomic E-state index is 0.000555. The van der Waals surface area contributed by atoms with E-state index in [1.165, 1.54) is 0 Å². The zero-order valence-electron chi connectivity index (χ0n) is 13.7. The monoisotopic (exact) mass is 303 g/mol. The van der Waals surface area contributed by atoms with E-state index >= 15 is 0 Å². The summed E-state index contributed by atoms with van der Waals surface area (Å²) in [4.78, 5) is 13.7. The number of ether oxygens (including phenoxy) is 2. The highest BCUT2D eigenvalue weighted by molar-refractivity contribution is 5.91. The minimum atomic E-state index is -0.000555. The third kappa shape index (κ3) is 5.64. The fourth-order valence-electron chi connectivity index (χ4n) is 1.86. The first-order valence-corrected chi connectivity index (χ1v) is 7.47. The highest BCUT2D eigenvalue weighted by Crippen LogP contribution is 2.28. The molecular weight excluding hydrogens is 278 g/mol. The minimum Gasteiger partial charge on any atom is -0.493 e. The van der Waals surface area contributed by atoms with Crippen molar-refractivity contribution in [2.75, 3.05) is 27.3 Å². The molecule has 0 saturated heterocycles. The maximum absolute atomic E-state index is 12.0. The Kier molecular flexibility index (Phi) is 7.83. The Hall–Kier alpha value is -2.23. The first kappa shape index (κ1) is 17.8. The Morgan fingerprint density at radius 3 is 2.77 bits per heavy atom. The van der Waals surface area contributed by atoms with Crippen molar-refractivity contribution in [1.29, 1.82) is 0 Å². The van der Waals surface area contributed by atoms with Gasteiger partial charge in [-0.1, -0.05) is 32.1 Å². The van der Waals surface area contributed by atoms with E-state index in [0.717, 1.165) is 24.9 Å². The van der Waals surface area contributed by atoms with Crippen molar-refractivity contribution in [1.82, 2.24) is 4.90 Å². The second-order valence-corrected chi connectivity index (χ2v) is 4.96. The molecule has 4 nitrogen and oxygen atoms in total. The van der Waals surface area contributed by atoms with Gasteiger partial charge >= 0.3 is 0 Å². The van der Waals surface area contributed by atoms with E-state index in [4.69, 9.17) is 9.47 Å². The first-order chi connectivity index (χ1) is 10.6. The van der Waals surface area contributed by atoms with Gasteiger partial charge in [-0.3, -0.25) is 4.79 Å². The number of hydrogen-bond donors (Lipinski definition) is 0. The lowest BCUT2D eigenvalue weighted by atomic mass is 10.2. The van der Waals surface area contributed by atoms with Gasteiger partial charge in [-0.15, -0.1) is 0 Å². The number of nitrogens with zero attached hydrogens (tertiary/aromatic N) is 1. The number of likely N-dealkylation sites (N-methyl/N-ethyl adjacent to an activating group) is 1. The van der Waals surface area contributed by atoms with Gasteiger partial charge in [0.1, 0.15) is 6.61 Å². The van der Waals surface area contributed by atoms with Gasteiger partial charge in [-0.25, -0.2) is 0 Å². The van der Waals surface area contributed by atoms with Crippen LogP contribution < -0.4 is 9.47 Å². The number of unbranched alkanes of at least 4 members (excludes halogenated alkanes) is 1. The van der Waals surface area contributed by atoms with Crippen molar-refractivity contribution in [3.05, 3.63) is 42.5 Å². The predicted octanol–water partition coefficient (Wildman–Crippen LogP) is 3.53. The number of carbonyl (C=O) groups excluding carboxylic acids is 1. The van der Waals surface area contributed by atoms with Gasteiger partial charge in [0.25, 0.3) is 0 Å². The molecule has 4 heteroatoms. The molecular formula is C18H25NO3. The highest BCUT2D eigenvalue weighted by Gasteiger charge is 2.06. The molecule has 0 aliphatic rings. The van der Waals surface area contributed by atoms with Crippen LogP contribution in [0.4, 0.5) is 0 Å². The first-order valence-electron chi connectivity index (χ1n) is 7.47. The van der Waals surface area contributed by atoms with E-state index in [2.05, 4.69) is 13.5 Å². The Morgan fingerprint density at radius 2 is 2.14 bits per heavy atom. The van der Waals surface area contributed by atoms with Gasteiger partial charge in [0, 0.05) is 19.7 Å². The number of carbonyl (C=O) groups is 1. The van der Waals surface area contributed by atoms with Crippen molar-refractivity contribution in [2.45, 2.75) is 19.8 Å². The lowest BCUT2D eigenvalue weighted by Gasteiger charge is -2.14. The molecule has 0 atom stereocenters. The molecule has 1 aromatic carbocycles. The van der Waals surface area contributed by atoms with Crippen molar-refractivity contribution in [3.63, 3.8) is 0 Å². The summed E-state index contributed by atoms with van der Waals surface area (Å²) in [6.45, 7) is 6.92. The van der Waals surface area contributed by atoms with Crippen LogP contribution in [0.25, 0.3) is 6.08 Å². The predicted molar refractivity (Wildman–Crippen MR) is 90.3 cm³/mol. The zero-order chi connectivity index (χ0) is 16.4. The quantitative estimate of drug-likeness (QED) is 0.517.